The number of benzene rings is 1. The van der Waals surface area contributed by atoms with Crippen molar-refractivity contribution in [2.75, 3.05) is 13.2 Å². The van der Waals surface area contributed by atoms with Crippen LogP contribution in [0.3, 0.4) is 0 Å². The van der Waals surface area contributed by atoms with Crippen LogP contribution in [0.25, 0.3) is 0 Å². The van der Waals surface area contributed by atoms with Crippen molar-refractivity contribution in [1.82, 2.24) is 5.32 Å². The van der Waals surface area contributed by atoms with E-state index in [-0.39, 0.29) is 11.8 Å². The summed E-state index contributed by atoms with van der Waals surface area (Å²) in [5.41, 5.74) is 0.882. The molecule has 1 aliphatic rings. The van der Waals surface area contributed by atoms with Gasteiger partial charge in [-0.05, 0) is 30.9 Å². The van der Waals surface area contributed by atoms with Crippen LogP contribution < -0.4 is 5.32 Å². The van der Waals surface area contributed by atoms with Gasteiger partial charge < -0.3 is 10.1 Å². The number of hydrogen-bond acceptors (Lipinski definition) is 4. The summed E-state index contributed by atoms with van der Waals surface area (Å²) in [6.07, 6.45) is 3.71. The van der Waals surface area contributed by atoms with E-state index in [0.717, 1.165) is 31.6 Å². The van der Waals surface area contributed by atoms with Crippen molar-refractivity contribution in [3.63, 3.8) is 0 Å². The number of hydrogen-bond donors (Lipinski definition) is 1. The second-order valence-corrected chi connectivity index (χ2v) is 5.06. The van der Waals surface area contributed by atoms with Crippen LogP contribution in [0.1, 0.15) is 24.8 Å². The van der Waals surface area contributed by atoms with Gasteiger partial charge in [0.25, 0.3) is 5.69 Å². The van der Waals surface area contributed by atoms with E-state index in [4.69, 9.17) is 16.3 Å². The lowest BCUT2D eigenvalue weighted by Crippen LogP contribution is -2.31. The van der Waals surface area contributed by atoms with E-state index < -0.39 is 4.92 Å². The van der Waals surface area contributed by atoms with Crippen molar-refractivity contribution in [2.24, 2.45) is 0 Å². The molecule has 6 heteroatoms. The van der Waals surface area contributed by atoms with Gasteiger partial charge in [0.2, 0.25) is 0 Å². The fourth-order valence-electron chi connectivity index (χ4n) is 2.13. The normalized spacial score (nSPS) is 19.3. The molecule has 5 nitrogen and oxygen atoms in total. The molecule has 1 atom stereocenters. The number of nitro benzene ring substituents is 1. The average Bonchev–Trinajstić information content (AvgIpc) is 2.41. The molecule has 1 aromatic carbocycles. The van der Waals surface area contributed by atoms with Gasteiger partial charge in [-0.1, -0.05) is 11.6 Å². The van der Waals surface area contributed by atoms with E-state index in [9.17, 15) is 10.1 Å². The van der Waals surface area contributed by atoms with Gasteiger partial charge in [-0.15, -0.1) is 0 Å². The molecule has 1 aromatic rings. The molecule has 0 aliphatic carbocycles. The minimum absolute atomic E-state index is 0.0179. The Bertz CT molecular complexity index is 448. The zero-order chi connectivity index (χ0) is 13.7. The van der Waals surface area contributed by atoms with E-state index in [1.807, 2.05) is 0 Å². The smallest absolute Gasteiger partial charge is 0.270 e. The van der Waals surface area contributed by atoms with Gasteiger partial charge in [0.05, 0.1) is 16.0 Å². The highest BCUT2D eigenvalue weighted by Gasteiger charge is 2.14. The van der Waals surface area contributed by atoms with Crippen LogP contribution in [-0.4, -0.2) is 24.2 Å². The molecule has 0 saturated carbocycles. The highest BCUT2D eigenvalue weighted by Crippen LogP contribution is 2.22. The molecular weight excluding hydrogens is 268 g/mol. The van der Waals surface area contributed by atoms with Gasteiger partial charge in [0, 0.05) is 31.8 Å². The molecule has 104 valence electrons. The number of non-ortho nitro benzene ring substituents is 1. The zero-order valence-electron chi connectivity index (χ0n) is 10.6. The molecule has 0 bridgehead atoms. The highest BCUT2D eigenvalue weighted by molar-refractivity contribution is 6.31. The van der Waals surface area contributed by atoms with Gasteiger partial charge in [-0.25, -0.2) is 0 Å². The van der Waals surface area contributed by atoms with Crippen molar-refractivity contribution in [1.29, 1.82) is 0 Å². The number of rotatable bonds is 5. The van der Waals surface area contributed by atoms with E-state index in [0.29, 0.717) is 11.6 Å². The molecule has 0 aromatic heterocycles. The first kappa shape index (κ1) is 14.2. The first-order chi connectivity index (χ1) is 9.16. The minimum Gasteiger partial charge on any atom is -0.377 e. The molecule has 0 amide bonds. The fourth-order valence-corrected chi connectivity index (χ4v) is 2.37. The first-order valence-corrected chi connectivity index (χ1v) is 6.80. The largest absolute Gasteiger partial charge is 0.377 e. The Balaban J connectivity index is 1.83. The fraction of sp³-hybridized carbons (Fsp3) is 0.538. The Morgan fingerprint density at radius 3 is 2.95 bits per heavy atom. The molecule has 1 unspecified atom stereocenters. The summed E-state index contributed by atoms with van der Waals surface area (Å²) in [7, 11) is 0. The van der Waals surface area contributed by atoms with Crippen molar-refractivity contribution >= 4 is 17.3 Å². The topological polar surface area (TPSA) is 64.4 Å². The molecule has 0 spiro atoms. The van der Waals surface area contributed by atoms with Gasteiger partial charge in [-0.3, -0.25) is 10.1 Å². The molecule has 1 heterocycles. The lowest BCUT2D eigenvalue weighted by molar-refractivity contribution is -0.384. The predicted octanol–water partition coefficient (Wildman–Crippen LogP) is 2.91. The van der Waals surface area contributed by atoms with Crippen LogP contribution in [0.5, 0.6) is 0 Å². The quantitative estimate of drug-likeness (QED) is 0.667. The molecule has 19 heavy (non-hydrogen) atoms. The average molecular weight is 285 g/mol. The third-order valence-electron chi connectivity index (χ3n) is 3.21. The predicted molar refractivity (Wildman–Crippen MR) is 73.4 cm³/mol. The van der Waals surface area contributed by atoms with Crippen molar-refractivity contribution in [2.45, 2.75) is 31.9 Å². The zero-order valence-corrected chi connectivity index (χ0v) is 11.4. The Hall–Kier alpha value is -1.17. The third-order valence-corrected chi connectivity index (χ3v) is 3.56. The second kappa shape index (κ2) is 6.84. The van der Waals surface area contributed by atoms with E-state index in [1.165, 1.54) is 18.6 Å². The molecule has 1 N–H and O–H groups in total. The summed E-state index contributed by atoms with van der Waals surface area (Å²) in [5, 5.41) is 14.3. The summed E-state index contributed by atoms with van der Waals surface area (Å²) >= 11 is 6.02. The number of nitrogens with zero attached hydrogens (tertiary/aromatic N) is 1. The molecule has 2 rings (SSSR count). The maximum absolute atomic E-state index is 10.6. The van der Waals surface area contributed by atoms with E-state index >= 15 is 0 Å². The van der Waals surface area contributed by atoms with Gasteiger partial charge in [0.15, 0.2) is 0 Å². The monoisotopic (exact) mass is 284 g/mol. The summed E-state index contributed by atoms with van der Waals surface area (Å²) in [5.74, 6) is 0. The molecular formula is C13H17ClN2O3. The maximum atomic E-state index is 10.6. The van der Waals surface area contributed by atoms with Crippen molar-refractivity contribution in [3.05, 3.63) is 38.9 Å². The third kappa shape index (κ3) is 4.16. The Kier molecular flexibility index (Phi) is 5.13. The van der Waals surface area contributed by atoms with Gasteiger partial charge in [0.1, 0.15) is 0 Å². The van der Waals surface area contributed by atoms with Crippen molar-refractivity contribution < 1.29 is 9.66 Å². The van der Waals surface area contributed by atoms with Crippen LogP contribution in [0, 0.1) is 10.1 Å². The van der Waals surface area contributed by atoms with Gasteiger partial charge >= 0.3 is 0 Å². The van der Waals surface area contributed by atoms with Crippen LogP contribution in [0.4, 0.5) is 5.69 Å². The Morgan fingerprint density at radius 2 is 2.32 bits per heavy atom. The molecule has 0 radical (unpaired) electrons. The second-order valence-electron chi connectivity index (χ2n) is 4.65. The van der Waals surface area contributed by atoms with E-state index in [1.54, 1.807) is 6.07 Å². The van der Waals surface area contributed by atoms with E-state index in [2.05, 4.69) is 5.32 Å². The minimum atomic E-state index is -0.445. The summed E-state index contributed by atoms with van der Waals surface area (Å²) < 4.78 is 5.61. The Labute approximate surface area is 117 Å². The van der Waals surface area contributed by atoms with Crippen LogP contribution in [0.2, 0.25) is 5.02 Å². The number of nitrogens with one attached hydrogen (secondary N) is 1. The van der Waals surface area contributed by atoms with Crippen LogP contribution >= 0.6 is 11.6 Å². The SMILES string of the molecule is O=[N+]([O-])c1ccc(CNCC2CCCCO2)c(Cl)c1. The molecule has 1 aliphatic heterocycles. The maximum Gasteiger partial charge on any atom is 0.270 e. The lowest BCUT2D eigenvalue weighted by atomic mass is 10.1. The van der Waals surface area contributed by atoms with Gasteiger partial charge in [-0.2, -0.15) is 0 Å². The first-order valence-electron chi connectivity index (χ1n) is 6.42. The Morgan fingerprint density at radius 1 is 1.47 bits per heavy atom. The highest BCUT2D eigenvalue weighted by atomic mass is 35.5. The van der Waals surface area contributed by atoms with Crippen LogP contribution in [0.15, 0.2) is 18.2 Å². The number of nitro groups is 1. The summed E-state index contributed by atoms with van der Waals surface area (Å²) in [4.78, 5) is 10.2. The standard InChI is InChI=1S/C13H17ClN2O3/c14-13-7-11(16(17)18)5-4-10(13)8-15-9-12-3-1-2-6-19-12/h4-5,7,12,15H,1-3,6,8-9H2. The van der Waals surface area contributed by atoms with Crippen LogP contribution in [-0.2, 0) is 11.3 Å². The molecule has 1 fully saturated rings. The van der Waals surface area contributed by atoms with Crippen molar-refractivity contribution in [3.8, 4) is 0 Å². The summed E-state index contributed by atoms with van der Waals surface area (Å²) in [6, 6.07) is 4.55. The number of ether oxygens (including phenoxy) is 1. The summed E-state index contributed by atoms with van der Waals surface area (Å²) in [6.45, 7) is 2.22. The lowest BCUT2D eigenvalue weighted by Gasteiger charge is -2.22. The molecule has 1 saturated heterocycles. The number of halogens is 1.